The van der Waals surface area contributed by atoms with Gasteiger partial charge in [0.2, 0.25) is 0 Å². The van der Waals surface area contributed by atoms with E-state index in [0.29, 0.717) is 18.8 Å². The van der Waals surface area contributed by atoms with Crippen molar-refractivity contribution >= 4 is 46.9 Å². The van der Waals surface area contributed by atoms with Crippen LogP contribution in [0.5, 0.6) is 0 Å². The molecule has 9 heteroatoms. The highest BCUT2D eigenvalue weighted by Crippen LogP contribution is 2.44. The van der Waals surface area contributed by atoms with Crippen molar-refractivity contribution in [1.29, 1.82) is 0 Å². The van der Waals surface area contributed by atoms with Gasteiger partial charge < -0.3 is 10.4 Å². The molecule has 2 N–H and O–H groups in total. The van der Waals surface area contributed by atoms with Crippen molar-refractivity contribution < 1.29 is 9.90 Å². The van der Waals surface area contributed by atoms with Gasteiger partial charge in [0.05, 0.1) is 21.6 Å². The zero-order valence-electron chi connectivity index (χ0n) is 20.0. The first kappa shape index (κ1) is 26.0. The maximum Gasteiger partial charge on any atom is 0.307 e. The lowest BCUT2D eigenvalue weighted by Crippen LogP contribution is -2.22. The molecule has 1 fully saturated rings. The lowest BCUT2D eigenvalue weighted by Gasteiger charge is -2.20. The summed E-state index contributed by atoms with van der Waals surface area (Å²) < 4.78 is 0. The average Bonchev–Trinajstić information content (AvgIpc) is 3.40. The average molecular weight is 533 g/mol. The number of aromatic nitrogens is 3. The van der Waals surface area contributed by atoms with Crippen LogP contribution >= 0.6 is 35.1 Å². The molecule has 2 aliphatic rings. The van der Waals surface area contributed by atoms with Gasteiger partial charge in [-0.05, 0) is 69.4 Å². The molecular formula is C26H33ClN4O2S2. The monoisotopic (exact) mass is 532 g/mol. The van der Waals surface area contributed by atoms with Crippen LogP contribution in [0.2, 0.25) is 0 Å². The Kier molecular flexibility index (Phi) is 8.78. The molecule has 1 saturated carbocycles. The summed E-state index contributed by atoms with van der Waals surface area (Å²) in [5, 5.41) is 17.7. The molecule has 188 valence electrons. The van der Waals surface area contributed by atoms with Gasteiger partial charge in [-0.15, -0.1) is 35.1 Å². The summed E-state index contributed by atoms with van der Waals surface area (Å²) in [6.45, 7) is 2.97. The molecule has 35 heavy (non-hydrogen) atoms. The van der Waals surface area contributed by atoms with Crippen molar-refractivity contribution in [3.63, 3.8) is 0 Å². The number of fused-ring (bicyclic) bond motifs is 1. The molecule has 0 spiro atoms. The number of pyridine rings is 1. The molecular weight excluding hydrogens is 500 g/mol. The van der Waals surface area contributed by atoms with E-state index in [0.717, 1.165) is 59.3 Å². The molecule has 3 aromatic rings. The number of nitrogens with zero attached hydrogens (tertiary/aromatic N) is 3. The molecule has 3 aromatic heterocycles. The molecule has 2 unspecified atom stereocenters. The van der Waals surface area contributed by atoms with Crippen LogP contribution in [0.1, 0.15) is 82.7 Å². The standard InChI is InChI=1S/C26H32N4O2S2.ClH/c1-2-20(26(31)32)21(22-14-28-25(34-22)17-8-9-17)13-19-15-33-23(29-19)7-3-6-18-11-10-16-5-4-12-27-24(16)30-18;/h10-11,14-15,17,20-21H,2-9,12-13H2,1H3,(H,27,30)(H,31,32);1H. The number of hydrogen-bond donors (Lipinski definition) is 2. The number of anilines is 1. The molecule has 0 bridgehead atoms. The predicted molar refractivity (Wildman–Crippen MR) is 144 cm³/mol. The van der Waals surface area contributed by atoms with Crippen molar-refractivity contribution in [1.82, 2.24) is 15.0 Å². The summed E-state index contributed by atoms with van der Waals surface area (Å²) in [5.41, 5.74) is 3.46. The Bertz CT molecular complexity index is 1140. The van der Waals surface area contributed by atoms with Gasteiger partial charge in [-0.25, -0.2) is 15.0 Å². The highest BCUT2D eigenvalue weighted by Gasteiger charge is 2.33. The third-order valence-electron chi connectivity index (χ3n) is 6.88. The Morgan fingerprint density at radius 3 is 2.86 bits per heavy atom. The largest absolute Gasteiger partial charge is 0.481 e. The van der Waals surface area contributed by atoms with Gasteiger partial charge in [0.25, 0.3) is 0 Å². The first-order valence-electron chi connectivity index (χ1n) is 12.4. The molecule has 6 nitrogen and oxygen atoms in total. The van der Waals surface area contributed by atoms with E-state index in [9.17, 15) is 9.90 Å². The zero-order chi connectivity index (χ0) is 23.5. The van der Waals surface area contributed by atoms with Crippen LogP contribution in [0, 0.1) is 5.92 Å². The number of aliphatic carboxylic acids is 1. The molecule has 0 aromatic carbocycles. The van der Waals surface area contributed by atoms with Gasteiger partial charge in [-0.2, -0.15) is 0 Å². The van der Waals surface area contributed by atoms with Crippen molar-refractivity contribution in [3.05, 3.63) is 55.6 Å². The van der Waals surface area contributed by atoms with Crippen molar-refractivity contribution in [2.75, 3.05) is 11.9 Å². The van der Waals surface area contributed by atoms with Gasteiger partial charge in [-0.1, -0.05) is 13.0 Å². The Morgan fingerprint density at radius 1 is 1.23 bits per heavy atom. The van der Waals surface area contributed by atoms with E-state index in [1.165, 1.54) is 29.8 Å². The fourth-order valence-corrected chi connectivity index (χ4v) is 6.88. The first-order chi connectivity index (χ1) is 16.6. The lowest BCUT2D eigenvalue weighted by atomic mass is 9.85. The SMILES string of the molecule is CCC(C(=O)O)C(Cc1csc(CCCc2ccc3c(n2)NCCC3)n1)c1cnc(C2CC2)s1.Cl. The van der Waals surface area contributed by atoms with Crippen LogP contribution in [-0.2, 0) is 30.5 Å². The number of carboxylic acid groups (broad SMARTS) is 1. The summed E-state index contributed by atoms with van der Waals surface area (Å²) in [6, 6.07) is 4.37. The van der Waals surface area contributed by atoms with E-state index in [4.69, 9.17) is 9.97 Å². The van der Waals surface area contributed by atoms with E-state index >= 15 is 0 Å². The second-order valence-corrected chi connectivity index (χ2v) is 11.5. The minimum Gasteiger partial charge on any atom is -0.481 e. The maximum absolute atomic E-state index is 12.0. The van der Waals surface area contributed by atoms with Crippen LogP contribution in [-0.4, -0.2) is 32.6 Å². The molecule has 1 aliphatic carbocycles. The molecule has 4 heterocycles. The fourth-order valence-electron chi connectivity index (χ4n) is 4.78. The number of carbonyl (C=O) groups is 1. The number of carboxylic acids is 1. The number of rotatable bonds is 11. The van der Waals surface area contributed by atoms with E-state index in [-0.39, 0.29) is 18.3 Å². The van der Waals surface area contributed by atoms with Gasteiger partial charge in [0.1, 0.15) is 5.82 Å². The Labute approximate surface area is 221 Å². The van der Waals surface area contributed by atoms with Gasteiger partial charge >= 0.3 is 5.97 Å². The number of hydrogen-bond acceptors (Lipinski definition) is 7. The number of aryl methyl sites for hydroxylation is 3. The predicted octanol–water partition coefficient (Wildman–Crippen LogP) is 6.26. The summed E-state index contributed by atoms with van der Waals surface area (Å²) in [6.07, 6.45) is 10.8. The number of nitrogens with one attached hydrogen (secondary N) is 1. The minimum absolute atomic E-state index is 0. The summed E-state index contributed by atoms with van der Waals surface area (Å²) in [7, 11) is 0. The summed E-state index contributed by atoms with van der Waals surface area (Å²) in [4.78, 5) is 27.4. The topological polar surface area (TPSA) is 88.0 Å². The molecule has 0 saturated heterocycles. The Hall–Kier alpha value is -2.03. The van der Waals surface area contributed by atoms with Crippen LogP contribution < -0.4 is 5.32 Å². The molecule has 1 aliphatic heterocycles. The van der Waals surface area contributed by atoms with Crippen LogP contribution in [0.4, 0.5) is 5.82 Å². The zero-order valence-corrected chi connectivity index (χ0v) is 22.5. The highest BCUT2D eigenvalue weighted by molar-refractivity contribution is 7.11. The lowest BCUT2D eigenvalue weighted by molar-refractivity contribution is -0.142. The highest BCUT2D eigenvalue weighted by atomic mass is 35.5. The van der Waals surface area contributed by atoms with E-state index in [1.54, 1.807) is 22.7 Å². The Balaban J connectivity index is 0.00000289. The first-order valence-corrected chi connectivity index (χ1v) is 14.1. The second-order valence-electron chi connectivity index (χ2n) is 9.47. The second kappa shape index (κ2) is 11.8. The molecule has 2 atom stereocenters. The van der Waals surface area contributed by atoms with Crippen LogP contribution in [0.25, 0.3) is 0 Å². The van der Waals surface area contributed by atoms with Crippen LogP contribution in [0.15, 0.2) is 23.7 Å². The van der Waals surface area contributed by atoms with Crippen LogP contribution in [0.3, 0.4) is 0 Å². The fraction of sp³-hybridized carbons (Fsp3) is 0.538. The number of thiazole rings is 2. The molecule has 0 radical (unpaired) electrons. The molecule has 0 amide bonds. The van der Waals surface area contributed by atoms with Crippen molar-refractivity contribution in [2.24, 2.45) is 5.92 Å². The summed E-state index contributed by atoms with van der Waals surface area (Å²) in [5.74, 6) is 0.436. The minimum atomic E-state index is -0.726. The van der Waals surface area contributed by atoms with Gasteiger partial charge in [0.15, 0.2) is 0 Å². The quantitative estimate of drug-likeness (QED) is 0.303. The van der Waals surface area contributed by atoms with Crippen molar-refractivity contribution in [3.8, 4) is 0 Å². The van der Waals surface area contributed by atoms with E-state index in [2.05, 4.69) is 27.8 Å². The van der Waals surface area contributed by atoms with Crippen molar-refractivity contribution in [2.45, 2.75) is 76.5 Å². The van der Waals surface area contributed by atoms with Gasteiger partial charge in [-0.3, -0.25) is 4.79 Å². The maximum atomic E-state index is 12.0. The number of halogens is 1. The van der Waals surface area contributed by atoms with E-state index < -0.39 is 11.9 Å². The van der Waals surface area contributed by atoms with Gasteiger partial charge in [0, 0.05) is 40.5 Å². The third kappa shape index (κ3) is 6.40. The van der Waals surface area contributed by atoms with E-state index in [1.807, 2.05) is 13.1 Å². The smallest absolute Gasteiger partial charge is 0.307 e. The Morgan fingerprint density at radius 2 is 2.09 bits per heavy atom. The molecule has 5 rings (SSSR count). The normalized spacial score (nSPS) is 16.6. The third-order valence-corrected chi connectivity index (χ3v) is 9.13. The summed E-state index contributed by atoms with van der Waals surface area (Å²) >= 11 is 3.40.